The molecule has 30 heavy (non-hydrogen) atoms. The smallest absolute Gasteiger partial charge is 0.250 e. The minimum Gasteiger partial charge on any atom is -0.378 e. The normalized spacial score (nSPS) is 10.8. The van der Waals surface area contributed by atoms with Gasteiger partial charge in [-0.15, -0.1) is 16.8 Å². The molecule has 0 fully saturated rings. The number of pyridine rings is 1. The molecule has 1 amide bonds. The van der Waals surface area contributed by atoms with E-state index in [4.69, 9.17) is 0 Å². The Kier molecular flexibility index (Phi) is 7.73. The fourth-order valence-corrected chi connectivity index (χ4v) is 3.33. The van der Waals surface area contributed by atoms with Crippen molar-refractivity contribution in [2.45, 2.75) is 25.2 Å². The number of aromatic nitrogens is 4. The van der Waals surface area contributed by atoms with Gasteiger partial charge < -0.3 is 9.88 Å². The lowest BCUT2D eigenvalue weighted by Crippen LogP contribution is -2.20. The van der Waals surface area contributed by atoms with E-state index in [1.54, 1.807) is 6.08 Å². The summed E-state index contributed by atoms with van der Waals surface area (Å²) in [6.45, 7) is 6.77. The number of thioether (sulfide) groups is 1. The van der Waals surface area contributed by atoms with E-state index in [-0.39, 0.29) is 11.7 Å². The number of aryl methyl sites for hydroxylation is 1. The fourth-order valence-electron chi connectivity index (χ4n) is 2.57. The van der Waals surface area contributed by atoms with Gasteiger partial charge in [0.15, 0.2) is 11.0 Å². The molecule has 2 aromatic heterocycles. The monoisotopic (exact) mass is 421 g/mol. The molecule has 1 aromatic carbocycles. The molecule has 9 heteroatoms. The van der Waals surface area contributed by atoms with Crippen LogP contribution < -0.4 is 10.7 Å². The van der Waals surface area contributed by atoms with Gasteiger partial charge >= 0.3 is 0 Å². The summed E-state index contributed by atoms with van der Waals surface area (Å²) < 4.78 is 1.93. The first kappa shape index (κ1) is 21.3. The van der Waals surface area contributed by atoms with Crippen molar-refractivity contribution in [2.24, 2.45) is 5.10 Å². The van der Waals surface area contributed by atoms with Crippen molar-refractivity contribution >= 4 is 29.6 Å². The van der Waals surface area contributed by atoms with Crippen molar-refractivity contribution in [3.05, 3.63) is 78.4 Å². The Labute approximate surface area is 179 Å². The Balaban J connectivity index is 1.54. The molecule has 0 aliphatic carbocycles. The van der Waals surface area contributed by atoms with Gasteiger partial charge in [0.05, 0.1) is 24.2 Å². The number of anilines is 1. The number of benzene rings is 1. The standard InChI is InChI=1S/C21H23N7OS/c1-3-12-28-19(14-22-17-9-5-4-6-10-17)25-27-21(28)30-15-20(29)26-23-13-18-11-7-8-16(2)24-18/h3-11,13,22H,1,12,14-15H2,2H3,(H,26,29). The lowest BCUT2D eigenvalue weighted by atomic mass is 10.3. The van der Waals surface area contributed by atoms with Gasteiger partial charge in [-0.05, 0) is 31.2 Å². The molecule has 0 unspecified atom stereocenters. The molecule has 3 aromatic rings. The van der Waals surface area contributed by atoms with Crippen LogP contribution in [0.2, 0.25) is 0 Å². The van der Waals surface area contributed by atoms with Crippen LogP contribution in [0.1, 0.15) is 17.2 Å². The van der Waals surface area contributed by atoms with Gasteiger partial charge in [0, 0.05) is 17.9 Å². The van der Waals surface area contributed by atoms with Crippen molar-refractivity contribution in [2.75, 3.05) is 11.1 Å². The minimum absolute atomic E-state index is 0.167. The van der Waals surface area contributed by atoms with Crippen molar-refractivity contribution in [3.63, 3.8) is 0 Å². The zero-order chi connectivity index (χ0) is 21.2. The van der Waals surface area contributed by atoms with E-state index < -0.39 is 0 Å². The highest BCUT2D eigenvalue weighted by atomic mass is 32.2. The van der Waals surface area contributed by atoms with Crippen molar-refractivity contribution in [3.8, 4) is 0 Å². The Hall–Kier alpha value is -3.46. The van der Waals surface area contributed by atoms with E-state index in [9.17, 15) is 4.79 Å². The maximum absolute atomic E-state index is 12.1. The van der Waals surface area contributed by atoms with Crippen LogP contribution in [-0.4, -0.2) is 37.6 Å². The highest BCUT2D eigenvalue weighted by Crippen LogP contribution is 2.18. The second-order valence-corrected chi connectivity index (χ2v) is 7.25. The number of hydrogen-bond donors (Lipinski definition) is 2. The van der Waals surface area contributed by atoms with E-state index in [1.807, 2.05) is 60.0 Å². The first-order chi connectivity index (χ1) is 14.7. The van der Waals surface area contributed by atoms with E-state index in [1.165, 1.54) is 18.0 Å². The summed E-state index contributed by atoms with van der Waals surface area (Å²) in [5, 5.41) is 16.4. The lowest BCUT2D eigenvalue weighted by Gasteiger charge is -2.09. The van der Waals surface area contributed by atoms with Crippen molar-refractivity contribution in [1.82, 2.24) is 25.2 Å². The van der Waals surface area contributed by atoms with Gasteiger partial charge in [0.1, 0.15) is 0 Å². The number of carbonyl (C=O) groups is 1. The van der Waals surface area contributed by atoms with Crippen LogP contribution in [0.3, 0.4) is 0 Å². The van der Waals surface area contributed by atoms with Crippen LogP contribution >= 0.6 is 11.8 Å². The number of carbonyl (C=O) groups excluding carboxylic acids is 1. The van der Waals surface area contributed by atoms with Gasteiger partial charge in [0.25, 0.3) is 5.91 Å². The molecule has 0 spiro atoms. The SMILES string of the molecule is C=CCn1c(CNc2ccccc2)nnc1SCC(=O)NN=Cc1cccc(C)n1. The molecule has 3 rings (SSSR count). The molecular weight excluding hydrogens is 398 g/mol. The highest BCUT2D eigenvalue weighted by molar-refractivity contribution is 7.99. The first-order valence-electron chi connectivity index (χ1n) is 9.36. The van der Waals surface area contributed by atoms with Crippen LogP contribution in [0.5, 0.6) is 0 Å². The second kappa shape index (κ2) is 10.9. The van der Waals surface area contributed by atoms with E-state index in [0.717, 1.165) is 17.2 Å². The third-order valence-electron chi connectivity index (χ3n) is 3.96. The van der Waals surface area contributed by atoms with E-state index in [0.29, 0.717) is 23.9 Å². The summed E-state index contributed by atoms with van der Waals surface area (Å²) in [4.78, 5) is 16.4. The van der Waals surface area contributed by atoms with Crippen molar-refractivity contribution in [1.29, 1.82) is 0 Å². The second-order valence-electron chi connectivity index (χ2n) is 6.30. The molecular formula is C21H23N7OS. The van der Waals surface area contributed by atoms with Crippen LogP contribution in [0.4, 0.5) is 5.69 Å². The summed E-state index contributed by atoms with van der Waals surface area (Å²) in [5.74, 6) is 0.700. The molecule has 0 atom stereocenters. The average molecular weight is 422 g/mol. The van der Waals surface area contributed by atoms with Crippen LogP contribution in [0.25, 0.3) is 0 Å². The van der Waals surface area contributed by atoms with Crippen LogP contribution in [-0.2, 0) is 17.9 Å². The minimum atomic E-state index is -0.235. The molecule has 0 radical (unpaired) electrons. The summed E-state index contributed by atoms with van der Waals surface area (Å²) >= 11 is 1.30. The molecule has 0 aliphatic rings. The summed E-state index contributed by atoms with van der Waals surface area (Å²) in [6, 6.07) is 15.5. The number of para-hydroxylation sites is 1. The molecule has 0 aliphatic heterocycles. The Morgan fingerprint density at radius 1 is 1.20 bits per heavy atom. The number of hydrazone groups is 1. The largest absolute Gasteiger partial charge is 0.378 e. The Bertz CT molecular complexity index is 1020. The molecule has 0 saturated heterocycles. The lowest BCUT2D eigenvalue weighted by molar-refractivity contribution is -0.118. The van der Waals surface area contributed by atoms with Gasteiger partial charge in [0.2, 0.25) is 0 Å². The van der Waals surface area contributed by atoms with Crippen LogP contribution in [0, 0.1) is 6.92 Å². The zero-order valence-electron chi connectivity index (χ0n) is 16.7. The maximum Gasteiger partial charge on any atom is 0.250 e. The third-order valence-corrected chi connectivity index (χ3v) is 4.92. The number of rotatable bonds is 10. The fraction of sp³-hybridized carbons (Fsp3) is 0.190. The molecule has 8 nitrogen and oxygen atoms in total. The molecule has 0 bridgehead atoms. The third kappa shape index (κ3) is 6.28. The predicted octanol–water partition coefficient (Wildman–Crippen LogP) is 3.02. The number of allylic oxidation sites excluding steroid dienone is 1. The Morgan fingerprint density at radius 2 is 2.03 bits per heavy atom. The zero-order valence-corrected chi connectivity index (χ0v) is 17.5. The molecule has 154 valence electrons. The van der Waals surface area contributed by atoms with Gasteiger partial charge in [-0.1, -0.05) is 42.1 Å². The summed E-state index contributed by atoms with van der Waals surface area (Å²) in [5.41, 5.74) is 5.08. The van der Waals surface area contributed by atoms with E-state index in [2.05, 4.69) is 37.6 Å². The van der Waals surface area contributed by atoms with Gasteiger partial charge in [-0.2, -0.15) is 5.10 Å². The number of nitrogens with one attached hydrogen (secondary N) is 2. The number of hydrogen-bond acceptors (Lipinski definition) is 7. The maximum atomic E-state index is 12.1. The quantitative estimate of drug-likeness (QED) is 0.226. The van der Waals surface area contributed by atoms with E-state index >= 15 is 0 Å². The summed E-state index contributed by atoms with van der Waals surface area (Å²) in [6.07, 6.45) is 3.29. The Morgan fingerprint density at radius 3 is 2.80 bits per heavy atom. The van der Waals surface area contributed by atoms with Gasteiger partial charge in [-0.3, -0.25) is 9.78 Å². The first-order valence-corrected chi connectivity index (χ1v) is 10.3. The molecule has 2 N–H and O–H groups in total. The number of nitrogens with zero attached hydrogens (tertiary/aromatic N) is 5. The van der Waals surface area contributed by atoms with Gasteiger partial charge in [-0.25, -0.2) is 5.43 Å². The average Bonchev–Trinajstić information content (AvgIpc) is 3.13. The topological polar surface area (TPSA) is 97.1 Å². The number of amides is 1. The summed E-state index contributed by atoms with van der Waals surface area (Å²) in [7, 11) is 0. The molecule has 0 saturated carbocycles. The predicted molar refractivity (Wildman–Crippen MR) is 119 cm³/mol. The highest BCUT2D eigenvalue weighted by Gasteiger charge is 2.13. The van der Waals surface area contributed by atoms with Crippen LogP contribution in [0.15, 0.2) is 71.4 Å². The van der Waals surface area contributed by atoms with Crippen molar-refractivity contribution < 1.29 is 4.79 Å². The molecule has 2 heterocycles.